The summed E-state index contributed by atoms with van der Waals surface area (Å²) in [6, 6.07) is 23.5. The van der Waals surface area contributed by atoms with E-state index < -0.39 is 5.60 Å². The number of rotatable bonds is 0. The van der Waals surface area contributed by atoms with Crippen molar-refractivity contribution in [1.82, 2.24) is 0 Å². The van der Waals surface area contributed by atoms with Crippen LogP contribution in [-0.4, -0.2) is 11.8 Å². The maximum Gasteiger partial charge on any atom is 0.339 e. The van der Waals surface area contributed by atoms with Crippen LogP contribution in [0.5, 0.6) is 0 Å². The smallest absolute Gasteiger partial charge is 0.339 e. The van der Waals surface area contributed by atoms with Crippen molar-refractivity contribution in [3.8, 4) is 0 Å². The minimum absolute atomic E-state index is 0.00829. The van der Waals surface area contributed by atoms with E-state index in [1.54, 1.807) is 6.07 Å². The van der Waals surface area contributed by atoms with Gasteiger partial charge < -0.3 is 4.74 Å². The normalized spacial score (nSPS) is 20.3. The van der Waals surface area contributed by atoms with Crippen molar-refractivity contribution < 1.29 is 14.3 Å². The summed E-state index contributed by atoms with van der Waals surface area (Å²) in [7, 11) is 0. The van der Waals surface area contributed by atoms with E-state index in [1.165, 1.54) is 0 Å². The van der Waals surface area contributed by atoms with Crippen LogP contribution >= 0.6 is 0 Å². The molecule has 128 valence electrons. The molecule has 0 aromatic heterocycles. The quantitative estimate of drug-likeness (QED) is 0.331. The number of fused-ring (bicyclic) bond motifs is 5. The topological polar surface area (TPSA) is 43.4 Å². The Balaban J connectivity index is 1.80. The monoisotopic (exact) mass is 350 g/mol. The Morgan fingerprint density at radius 2 is 1.48 bits per heavy atom. The fraction of sp³-hybridized carbons (Fsp3) is 0.0833. The first-order valence-corrected chi connectivity index (χ1v) is 9.00. The molecular formula is C24H14O3. The lowest BCUT2D eigenvalue weighted by atomic mass is 9.73. The summed E-state index contributed by atoms with van der Waals surface area (Å²) in [5.74, 6) is -0.353. The van der Waals surface area contributed by atoms with Crippen LogP contribution in [0.15, 0.2) is 72.8 Å². The molecule has 0 saturated heterocycles. The van der Waals surface area contributed by atoms with Gasteiger partial charge in [0, 0.05) is 22.1 Å². The van der Waals surface area contributed by atoms with Crippen molar-refractivity contribution in [1.29, 1.82) is 0 Å². The molecule has 27 heavy (non-hydrogen) atoms. The Labute approximate surface area is 155 Å². The van der Waals surface area contributed by atoms with Crippen LogP contribution in [0.25, 0.3) is 21.5 Å². The summed E-state index contributed by atoms with van der Waals surface area (Å²) in [5.41, 5.74) is 1.92. The van der Waals surface area contributed by atoms with Crippen LogP contribution < -0.4 is 0 Å². The highest BCUT2D eigenvalue weighted by Crippen LogP contribution is 2.51. The molecule has 6 rings (SSSR count). The number of Topliss-reactive ketones (excluding diaryl/α,β-unsaturated/α-hetero) is 1. The molecule has 1 spiro atoms. The third-order valence-corrected chi connectivity index (χ3v) is 5.88. The maximum atomic E-state index is 13.2. The first-order chi connectivity index (χ1) is 13.2. The fourth-order valence-electron chi connectivity index (χ4n) is 4.75. The lowest BCUT2D eigenvalue weighted by Gasteiger charge is -2.34. The number of ketones is 1. The summed E-state index contributed by atoms with van der Waals surface area (Å²) in [6.07, 6.45) is 0.139. The Kier molecular flexibility index (Phi) is 2.63. The van der Waals surface area contributed by atoms with Gasteiger partial charge in [0.2, 0.25) is 0 Å². The average molecular weight is 350 g/mol. The minimum atomic E-state index is -1.03. The number of carbonyl (C=O) groups excluding carboxylic acids is 2. The molecular weight excluding hydrogens is 336 g/mol. The predicted octanol–water partition coefficient (Wildman–Crippen LogP) is 4.99. The predicted molar refractivity (Wildman–Crippen MR) is 103 cm³/mol. The molecule has 1 aliphatic carbocycles. The Bertz CT molecular complexity index is 1320. The molecule has 3 nitrogen and oxygen atoms in total. The standard InChI is InChI=1S/C24H14O3/c25-21-13-24(19-10-4-3-8-17(19)23(26)27-24)20-11-5-9-16-15-7-2-1-6-14(15)12-18(21)22(16)20/h1-12H,13H2. The highest BCUT2D eigenvalue weighted by molar-refractivity contribution is 6.21. The summed E-state index contributed by atoms with van der Waals surface area (Å²) in [4.78, 5) is 25.8. The van der Waals surface area contributed by atoms with Crippen LogP contribution in [0.4, 0.5) is 0 Å². The van der Waals surface area contributed by atoms with Gasteiger partial charge in [-0.15, -0.1) is 0 Å². The molecule has 1 aliphatic heterocycles. The average Bonchev–Trinajstić information content (AvgIpc) is 2.98. The maximum absolute atomic E-state index is 13.2. The molecule has 0 N–H and O–H groups in total. The van der Waals surface area contributed by atoms with Crippen molar-refractivity contribution in [2.45, 2.75) is 12.0 Å². The van der Waals surface area contributed by atoms with E-state index in [0.29, 0.717) is 11.1 Å². The highest BCUT2D eigenvalue weighted by Gasteiger charge is 2.51. The van der Waals surface area contributed by atoms with Crippen LogP contribution in [0, 0.1) is 0 Å². The summed E-state index contributed by atoms with van der Waals surface area (Å²) in [5, 5.41) is 4.07. The second-order valence-electron chi connectivity index (χ2n) is 7.24. The molecule has 2 aliphatic rings. The van der Waals surface area contributed by atoms with Gasteiger partial charge in [0.05, 0.1) is 12.0 Å². The van der Waals surface area contributed by atoms with Gasteiger partial charge in [-0.3, -0.25) is 4.79 Å². The molecule has 0 fully saturated rings. The summed E-state index contributed by atoms with van der Waals surface area (Å²) >= 11 is 0. The van der Waals surface area contributed by atoms with Crippen LogP contribution in [0.2, 0.25) is 0 Å². The van der Waals surface area contributed by atoms with Gasteiger partial charge in [-0.1, -0.05) is 60.7 Å². The van der Waals surface area contributed by atoms with Crippen molar-refractivity contribution in [3.63, 3.8) is 0 Å². The third-order valence-electron chi connectivity index (χ3n) is 5.88. The molecule has 1 heterocycles. The number of ether oxygens (including phenoxy) is 1. The molecule has 1 atom stereocenters. The SMILES string of the molecule is O=C1OC2(CC(=O)c3cc4ccccc4c4cccc2c34)c2ccccc21. The number of hydrogen-bond donors (Lipinski definition) is 0. The van der Waals surface area contributed by atoms with E-state index in [4.69, 9.17) is 4.74 Å². The Morgan fingerprint density at radius 3 is 2.41 bits per heavy atom. The third kappa shape index (κ3) is 1.71. The van der Waals surface area contributed by atoms with E-state index in [-0.39, 0.29) is 18.2 Å². The van der Waals surface area contributed by atoms with E-state index in [9.17, 15) is 9.59 Å². The van der Waals surface area contributed by atoms with Gasteiger partial charge >= 0.3 is 5.97 Å². The molecule has 0 saturated carbocycles. The van der Waals surface area contributed by atoms with Gasteiger partial charge in [0.15, 0.2) is 11.4 Å². The van der Waals surface area contributed by atoms with Gasteiger partial charge in [0.1, 0.15) is 0 Å². The lowest BCUT2D eigenvalue weighted by Crippen LogP contribution is -2.34. The molecule has 0 amide bonds. The Hall–Kier alpha value is -3.46. The number of esters is 1. The van der Waals surface area contributed by atoms with Gasteiger partial charge in [-0.05, 0) is 28.3 Å². The molecule has 4 aromatic rings. The van der Waals surface area contributed by atoms with Crippen LogP contribution in [0.3, 0.4) is 0 Å². The van der Waals surface area contributed by atoms with Crippen LogP contribution in [-0.2, 0) is 10.3 Å². The highest BCUT2D eigenvalue weighted by atomic mass is 16.6. The fourth-order valence-corrected chi connectivity index (χ4v) is 4.75. The van der Waals surface area contributed by atoms with Crippen LogP contribution in [0.1, 0.15) is 38.3 Å². The zero-order valence-corrected chi connectivity index (χ0v) is 14.4. The second kappa shape index (κ2) is 4.83. The minimum Gasteiger partial charge on any atom is -0.445 e. The molecule has 3 heteroatoms. The van der Waals surface area contributed by atoms with Gasteiger partial charge in [0.25, 0.3) is 0 Å². The number of hydrogen-bond acceptors (Lipinski definition) is 3. The molecule has 0 radical (unpaired) electrons. The number of carbonyl (C=O) groups is 2. The van der Waals surface area contributed by atoms with Crippen molar-refractivity contribution in [2.24, 2.45) is 0 Å². The van der Waals surface area contributed by atoms with E-state index in [2.05, 4.69) is 6.07 Å². The molecule has 0 bridgehead atoms. The zero-order valence-electron chi connectivity index (χ0n) is 14.4. The largest absolute Gasteiger partial charge is 0.445 e. The summed E-state index contributed by atoms with van der Waals surface area (Å²) < 4.78 is 5.93. The van der Waals surface area contributed by atoms with Gasteiger partial charge in [-0.2, -0.15) is 0 Å². The first kappa shape index (κ1) is 14.7. The van der Waals surface area contributed by atoms with E-state index in [0.717, 1.165) is 32.7 Å². The van der Waals surface area contributed by atoms with Crippen molar-refractivity contribution in [2.75, 3.05) is 0 Å². The lowest BCUT2D eigenvalue weighted by molar-refractivity contribution is 0.00863. The second-order valence-corrected chi connectivity index (χ2v) is 7.24. The van der Waals surface area contributed by atoms with Crippen molar-refractivity contribution in [3.05, 3.63) is 95.1 Å². The Morgan fingerprint density at radius 1 is 0.741 bits per heavy atom. The van der Waals surface area contributed by atoms with E-state index >= 15 is 0 Å². The molecule has 1 unspecified atom stereocenters. The van der Waals surface area contributed by atoms with Gasteiger partial charge in [-0.25, -0.2) is 4.79 Å². The molecule has 4 aromatic carbocycles. The summed E-state index contributed by atoms with van der Waals surface area (Å²) in [6.45, 7) is 0. The van der Waals surface area contributed by atoms with Crippen molar-refractivity contribution >= 4 is 33.3 Å². The first-order valence-electron chi connectivity index (χ1n) is 9.00. The number of benzene rings is 4. The zero-order chi connectivity index (χ0) is 18.2. The van der Waals surface area contributed by atoms with E-state index in [1.807, 2.05) is 60.7 Å².